The normalized spacial score (nSPS) is 9.75. The summed E-state index contributed by atoms with van der Waals surface area (Å²) < 4.78 is 0. The van der Waals surface area contributed by atoms with Crippen LogP contribution in [-0.4, -0.2) is 0 Å². The molecule has 16 heavy (non-hydrogen) atoms. The highest BCUT2D eigenvalue weighted by molar-refractivity contribution is 6.30. The number of nitrogens with two attached hydrogens (primary N) is 1. The molecule has 0 aliphatic heterocycles. The van der Waals surface area contributed by atoms with Crippen LogP contribution in [0.25, 0.3) is 16.0 Å². The summed E-state index contributed by atoms with van der Waals surface area (Å²) in [5.74, 6) is 0. The predicted octanol–water partition coefficient (Wildman–Crippen LogP) is 4.14. The summed E-state index contributed by atoms with van der Waals surface area (Å²) in [6.45, 7) is 7.11. The van der Waals surface area contributed by atoms with E-state index in [0.717, 1.165) is 11.1 Å². The van der Waals surface area contributed by atoms with Gasteiger partial charge >= 0.3 is 0 Å². The van der Waals surface area contributed by atoms with E-state index in [0.29, 0.717) is 16.4 Å². The molecule has 0 saturated carbocycles. The third kappa shape index (κ3) is 2.00. The molecule has 2 rings (SSSR count). The lowest BCUT2D eigenvalue weighted by molar-refractivity contribution is 1.62. The molecular weight excluding hydrogens is 220 g/mol. The summed E-state index contributed by atoms with van der Waals surface area (Å²) in [4.78, 5) is 3.47. The van der Waals surface area contributed by atoms with Crippen LogP contribution >= 0.6 is 11.6 Å². The number of halogens is 1. The second kappa shape index (κ2) is 4.26. The lowest BCUT2D eigenvalue weighted by atomic mass is 10.0. The maximum Gasteiger partial charge on any atom is 0.195 e. The quantitative estimate of drug-likeness (QED) is 0.577. The first-order valence-electron chi connectivity index (χ1n) is 4.73. The molecule has 3 heteroatoms. The Morgan fingerprint density at radius 2 is 1.94 bits per heavy atom. The van der Waals surface area contributed by atoms with Crippen molar-refractivity contribution < 1.29 is 0 Å². The Labute approximate surface area is 99.1 Å². The third-order valence-corrected chi connectivity index (χ3v) is 2.51. The lowest BCUT2D eigenvalue weighted by Gasteiger charge is -2.06. The van der Waals surface area contributed by atoms with Crippen LogP contribution in [0, 0.1) is 6.57 Å². The van der Waals surface area contributed by atoms with Crippen LogP contribution < -0.4 is 5.73 Å². The van der Waals surface area contributed by atoms with E-state index >= 15 is 0 Å². The fraction of sp³-hybridized carbons (Fsp3) is 0. The monoisotopic (exact) mass is 228 g/mol. The van der Waals surface area contributed by atoms with Crippen molar-refractivity contribution in [1.82, 2.24) is 0 Å². The molecule has 0 saturated heterocycles. The molecule has 0 atom stereocenters. The van der Waals surface area contributed by atoms with Crippen molar-refractivity contribution in [2.75, 3.05) is 5.73 Å². The molecule has 0 radical (unpaired) electrons. The Morgan fingerprint density at radius 1 is 1.12 bits per heavy atom. The van der Waals surface area contributed by atoms with E-state index < -0.39 is 0 Å². The minimum Gasteiger partial charge on any atom is -0.399 e. The van der Waals surface area contributed by atoms with Gasteiger partial charge in [-0.15, -0.1) is 0 Å². The maximum absolute atomic E-state index is 7.11. The van der Waals surface area contributed by atoms with Crippen LogP contribution in [0.5, 0.6) is 0 Å². The van der Waals surface area contributed by atoms with Crippen LogP contribution in [-0.2, 0) is 0 Å². The summed E-state index contributed by atoms with van der Waals surface area (Å²) in [6, 6.07) is 12.6. The zero-order valence-electron chi connectivity index (χ0n) is 8.44. The average molecular weight is 229 g/mol. The number of nitrogens with zero attached hydrogens (tertiary/aromatic N) is 1. The van der Waals surface area contributed by atoms with Crippen molar-refractivity contribution in [2.45, 2.75) is 0 Å². The molecule has 0 aliphatic carbocycles. The Bertz CT molecular complexity index is 570. The van der Waals surface area contributed by atoms with E-state index in [4.69, 9.17) is 23.9 Å². The summed E-state index contributed by atoms with van der Waals surface area (Å²) in [6.07, 6.45) is 0. The second-order valence-electron chi connectivity index (χ2n) is 3.40. The fourth-order valence-corrected chi connectivity index (χ4v) is 1.73. The Morgan fingerprint density at radius 3 is 2.62 bits per heavy atom. The number of rotatable bonds is 1. The first-order valence-corrected chi connectivity index (χ1v) is 5.11. The molecule has 78 valence electrons. The van der Waals surface area contributed by atoms with E-state index in [1.54, 1.807) is 24.3 Å². The van der Waals surface area contributed by atoms with Crippen molar-refractivity contribution in [2.24, 2.45) is 0 Å². The van der Waals surface area contributed by atoms with Crippen LogP contribution in [0.15, 0.2) is 42.5 Å². The van der Waals surface area contributed by atoms with Gasteiger partial charge in [0.15, 0.2) is 5.69 Å². The second-order valence-corrected chi connectivity index (χ2v) is 3.84. The highest BCUT2D eigenvalue weighted by Crippen LogP contribution is 2.33. The third-order valence-electron chi connectivity index (χ3n) is 2.28. The number of benzene rings is 2. The van der Waals surface area contributed by atoms with Crippen molar-refractivity contribution in [3.05, 3.63) is 58.9 Å². The van der Waals surface area contributed by atoms with Gasteiger partial charge in [-0.25, -0.2) is 4.85 Å². The molecule has 0 spiro atoms. The smallest absolute Gasteiger partial charge is 0.195 e. The zero-order chi connectivity index (χ0) is 11.5. The first kappa shape index (κ1) is 10.5. The number of hydrogen-bond donors (Lipinski definition) is 1. The average Bonchev–Trinajstić information content (AvgIpc) is 2.29. The molecule has 0 aromatic heterocycles. The van der Waals surface area contributed by atoms with Gasteiger partial charge in [0, 0.05) is 10.7 Å². The van der Waals surface area contributed by atoms with E-state index in [1.165, 1.54) is 0 Å². The first-order chi connectivity index (χ1) is 7.70. The van der Waals surface area contributed by atoms with Crippen LogP contribution in [0.3, 0.4) is 0 Å². The molecule has 0 heterocycles. The SMILES string of the molecule is [C-]#[N+]c1ccc(N)cc1-c1cccc(Cl)c1. The van der Waals surface area contributed by atoms with Crippen LogP contribution in [0.2, 0.25) is 5.02 Å². The summed E-state index contributed by atoms with van der Waals surface area (Å²) in [7, 11) is 0. The van der Waals surface area contributed by atoms with Gasteiger partial charge in [0.25, 0.3) is 0 Å². The predicted molar refractivity (Wildman–Crippen MR) is 67.6 cm³/mol. The van der Waals surface area contributed by atoms with Gasteiger partial charge in [0.05, 0.1) is 6.57 Å². The number of hydrogen-bond acceptors (Lipinski definition) is 1. The van der Waals surface area contributed by atoms with Gasteiger partial charge in [-0.05, 0) is 35.4 Å². The molecular formula is C13H9ClN2. The van der Waals surface area contributed by atoms with Crippen molar-refractivity contribution in [1.29, 1.82) is 0 Å². The van der Waals surface area contributed by atoms with Crippen LogP contribution in [0.4, 0.5) is 11.4 Å². The van der Waals surface area contributed by atoms with Crippen LogP contribution in [0.1, 0.15) is 0 Å². The largest absolute Gasteiger partial charge is 0.399 e. The van der Waals surface area contributed by atoms with Gasteiger partial charge in [0.2, 0.25) is 0 Å². The minimum absolute atomic E-state index is 0.580. The molecule has 0 bridgehead atoms. The summed E-state index contributed by atoms with van der Waals surface area (Å²) >= 11 is 5.92. The van der Waals surface area contributed by atoms with Gasteiger partial charge in [-0.2, -0.15) is 0 Å². The van der Waals surface area contributed by atoms with Crippen molar-refractivity contribution >= 4 is 23.0 Å². The Balaban J connectivity index is 2.64. The molecule has 2 nitrogen and oxygen atoms in total. The lowest BCUT2D eigenvalue weighted by Crippen LogP contribution is -1.85. The Hall–Kier alpha value is -1.98. The highest BCUT2D eigenvalue weighted by Gasteiger charge is 2.05. The molecule has 2 aromatic carbocycles. The minimum atomic E-state index is 0.580. The van der Waals surface area contributed by atoms with E-state index in [-0.39, 0.29) is 0 Å². The van der Waals surface area contributed by atoms with Crippen molar-refractivity contribution in [3.8, 4) is 11.1 Å². The topological polar surface area (TPSA) is 30.4 Å². The molecule has 0 fully saturated rings. The molecule has 0 aliphatic rings. The Kier molecular flexibility index (Phi) is 2.80. The fourth-order valence-electron chi connectivity index (χ4n) is 1.54. The summed E-state index contributed by atoms with van der Waals surface area (Å²) in [5, 5.41) is 0.649. The van der Waals surface area contributed by atoms with Gasteiger partial charge in [-0.3, -0.25) is 0 Å². The number of anilines is 1. The van der Waals surface area contributed by atoms with E-state index in [9.17, 15) is 0 Å². The number of nitrogen functional groups attached to an aromatic ring is 1. The maximum atomic E-state index is 7.11. The van der Waals surface area contributed by atoms with E-state index in [1.807, 2.05) is 18.2 Å². The van der Waals surface area contributed by atoms with Gasteiger partial charge in [-0.1, -0.05) is 29.8 Å². The zero-order valence-corrected chi connectivity index (χ0v) is 9.20. The highest BCUT2D eigenvalue weighted by atomic mass is 35.5. The molecule has 2 aromatic rings. The standard InChI is InChI=1S/C13H9ClN2/c1-16-13-6-5-11(15)8-12(13)9-3-2-4-10(14)7-9/h2-8H,15H2. The molecule has 0 unspecified atom stereocenters. The van der Waals surface area contributed by atoms with Gasteiger partial charge in [0.1, 0.15) is 0 Å². The molecule has 0 amide bonds. The summed E-state index contributed by atoms with van der Waals surface area (Å²) in [5.41, 5.74) is 8.67. The van der Waals surface area contributed by atoms with E-state index in [2.05, 4.69) is 4.85 Å². The van der Waals surface area contributed by atoms with Crippen molar-refractivity contribution in [3.63, 3.8) is 0 Å². The molecule has 2 N–H and O–H groups in total. The van der Waals surface area contributed by atoms with Gasteiger partial charge < -0.3 is 5.73 Å².